The van der Waals surface area contributed by atoms with E-state index in [1.54, 1.807) is 0 Å². The number of nitrogens with one attached hydrogen (secondary N) is 1. The Kier molecular flexibility index (Phi) is 5.40. The molecule has 0 spiro atoms. The first-order valence-electron chi connectivity index (χ1n) is 7.62. The lowest BCUT2D eigenvalue weighted by Crippen LogP contribution is -2.34. The second-order valence-electron chi connectivity index (χ2n) is 5.93. The van der Waals surface area contributed by atoms with Crippen LogP contribution in [0.5, 0.6) is 0 Å². The molecule has 4 heteroatoms. The summed E-state index contributed by atoms with van der Waals surface area (Å²) in [5, 5.41) is 8.10. The van der Waals surface area contributed by atoms with Crippen LogP contribution < -0.4 is 5.32 Å². The molecule has 1 aromatic rings. The van der Waals surface area contributed by atoms with Crippen molar-refractivity contribution in [3.63, 3.8) is 0 Å². The Bertz CT molecular complexity index is 368. The molecule has 1 aliphatic rings. The van der Waals surface area contributed by atoms with Gasteiger partial charge in [0, 0.05) is 25.3 Å². The Balaban J connectivity index is 1.80. The van der Waals surface area contributed by atoms with Gasteiger partial charge in [-0.3, -0.25) is 4.68 Å². The van der Waals surface area contributed by atoms with Gasteiger partial charge in [-0.15, -0.1) is 0 Å². The Hall–Kier alpha value is -0.870. The van der Waals surface area contributed by atoms with Crippen LogP contribution in [0.25, 0.3) is 0 Å². The third-order valence-electron chi connectivity index (χ3n) is 4.17. The first-order chi connectivity index (χ1) is 9.19. The minimum absolute atomic E-state index is 0.503. The van der Waals surface area contributed by atoms with Crippen LogP contribution in [-0.4, -0.2) is 41.4 Å². The van der Waals surface area contributed by atoms with E-state index in [1.165, 1.54) is 38.2 Å². The van der Waals surface area contributed by atoms with Gasteiger partial charge in [0.05, 0.1) is 5.69 Å². The van der Waals surface area contributed by atoms with E-state index >= 15 is 0 Å². The molecular weight excluding hydrogens is 236 g/mol. The number of piperidine rings is 1. The molecule has 0 saturated carbocycles. The quantitative estimate of drug-likeness (QED) is 0.856. The van der Waals surface area contributed by atoms with Crippen LogP contribution in [0.1, 0.15) is 44.8 Å². The lowest BCUT2D eigenvalue weighted by molar-refractivity contribution is 0.232. The maximum absolute atomic E-state index is 4.68. The number of hydrogen-bond donors (Lipinski definition) is 1. The van der Waals surface area contributed by atoms with Gasteiger partial charge in [-0.1, -0.05) is 6.92 Å². The number of nitrogens with zero attached hydrogens (tertiary/aromatic N) is 3. The number of hydrogen-bond acceptors (Lipinski definition) is 3. The molecule has 2 heterocycles. The second kappa shape index (κ2) is 7.06. The molecule has 1 aliphatic heterocycles. The van der Waals surface area contributed by atoms with Crippen LogP contribution in [0.2, 0.25) is 0 Å². The van der Waals surface area contributed by atoms with Crippen molar-refractivity contribution in [3.8, 4) is 0 Å². The highest BCUT2D eigenvalue weighted by Crippen LogP contribution is 2.14. The van der Waals surface area contributed by atoms with Crippen molar-refractivity contribution in [2.75, 3.05) is 26.7 Å². The fourth-order valence-electron chi connectivity index (χ4n) is 2.74. The van der Waals surface area contributed by atoms with Gasteiger partial charge in [-0.25, -0.2) is 0 Å². The fraction of sp³-hybridized carbons (Fsp3) is 0.800. The third kappa shape index (κ3) is 4.32. The lowest BCUT2D eigenvalue weighted by Gasteiger charge is -2.27. The van der Waals surface area contributed by atoms with Gasteiger partial charge < -0.3 is 10.2 Å². The van der Waals surface area contributed by atoms with Crippen molar-refractivity contribution < 1.29 is 0 Å². The van der Waals surface area contributed by atoms with Crippen molar-refractivity contribution in [2.24, 2.45) is 5.92 Å². The van der Waals surface area contributed by atoms with Crippen molar-refractivity contribution in [2.45, 2.75) is 45.7 Å². The zero-order valence-corrected chi connectivity index (χ0v) is 12.6. The number of aromatic nitrogens is 2. The predicted molar refractivity (Wildman–Crippen MR) is 79.2 cm³/mol. The van der Waals surface area contributed by atoms with Crippen molar-refractivity contribution in [1.82, 2.24) is 20.0 Å². The molecular formula is C15H28N4. The monoisotopic (exact) mass is 264 g/mol. The molecule has 0 radical (unpaired) electrons. The van der Waals surface area contributed by atoms with Gasteiger partial charge in [-0.2, -0.15) is 5.10 Å². The lowest BCUT2D eigenvalue weighted by atomic mass is 9.98. The second-order valence-corrected chi connectivity index (χ2v) is 5.93. The summed E-state index contributed by atoms with van der Waals surface area (Å²) in [6.45, 7) is 8.94. The normalized spacial score (nSPS) is 18.9. The molecule has 1 atom stereocenters. The SMILES string of the molecule is CCC(C)n1ccc(CN(C)CC2CCNCC2)n1. The molecule has 1 aromatic heterocycles. The molecule has 1 saturated heterocycles. The van der Waals surface area contributed by atoms with Gasteiger partial charge in [0.25, 0.3) is 0 Å². The van der Waals surface area contributed by atoms with E-state index in [4.69, 9.17) is 0 Å². The zero-order chi connectivity index (χ0) is 13.7. The average Bonchev–Trinajstić information content (AvgIpc) is 2.87. The van der Waals surface area contributed by atoms with Gasteiger partial charge in [-0.05, 0) is 58.3 Å². The Morgan fingerprint density at radius 1 is 1.47 bits per heavy atom. The van der Waals surface area contributed by atoms with Gasteiger partial charge >= 0.3 is 0 Å². The van der Waals surface area contributed by atoms with Crippen molar-refractivity contribution in [1.29, 1.82) is 0 Å². The summed E-state index contributed by atoms with van der Waals surface area (Å²) in [4.78, 5) is 2.42. The summed E-state index contributed by atoms with van der Waals surface area (Å²) in [6, 6.07) is 2.66. The van der Waals surface area contributed by atoms with Crippen LogP contribution in [0.15, 0.2) is 12.3 Å². The Morgan fingerprint density at radius 2 is 2.21 bits per heavy atom. The summed E-state index contributed by atoms with van der Waals surface area (Å²) in [5.74, 6) is 0.850. The molecule has 4 nitrogen and oxygen atoms in total. The maximum Gasteiger partial charge on any atom is 0.0764 e. The smallest absolute Gasteiger partial charge is 0.0764 e. The summed E-state index contributed by atoms with van der Waals surface area (Å²) in [6.07, 6.45) is 5.87. The average molecular weight is 264 g/mol. The molecule has 0 aromatic carbocycles. The van der Waals surface area contributed by atoms with Crippen molar-refractivity contribution in [3.05, 3.63) is 18.0 Å². The van der Waals surface area contributed by atoms with Crippen LogP contribution >= 0.6 is 0 Å². The van der Waals surface area contributed by atoms with E-state index in [-0.39, 0.29) is 0 Å². The Labute approximate surface area is 117 Å². The summed E-state index contributed by atoms with van der Waals surface area (Å²) in [7, 11) is 2.21. The van der Waals surface area contributed by atoms with E-state index in [9.17, 15) is 0 Å². The van der Waals surface area contributed by atoms with Crippen LogP contribution in [0, 0.1) is 5.92 Å². The van der Waals surface area contributed by atoms with Gasteiger partial charge in [0.2, 0.25) is 0 Å². The van der Waals surface area contributed by atoms with E-state index < -0.39 is 0 Å². The summed E-state index contributed by atoms with van der Waals surface area (Å²) < 4.78 is 2.09. The highest BCUT2D eigenvalue weighted by atomic mass is 15.3. The number of rotatable bonds is 6. The largest absolute Gasteiger partial charge is 0.317 e. The molecule has 108 valence electrons. The molecule has 0 bridgehead atoms. The molecule has 0 amide bonds. The van der Waals surface area contributed by atoms with E-state index in [2.05, 4.69) is 53.2 Å². The molecule has 1 N–H and O–H groups in total. The summed E-state index contributed by atoms with van der Waals surface area (Å²) >= 11 is 0. The molecule has 0 aliphatic carbocycles. The topological polar surface area (TPSA) is 33.1 Å². The molecule has 2 rings (SSSR count). The van der Waals surface area contributed by atoms with E-state index in [0.717, 1.165) is 18.9 Å². The third-order valence-corrected chi connectivity index (χ3v) is 4.17. The summed E-state index contributed by atoms with van der Waals surface area (Å²) in [5.41, 5.74) is 1.19. The first kappa shape index (κ1) is 14.5. The minimum atomic E-state index is 0.503. The zero-order valence-electron chi connectivity index (χ0n) is 12.6. The first-order valence-corrected chi connectivity index (χ1v) is 7.62. The molecule has 1 unspecified atom stereocenters. The molecule has 19 heavy (non-hydrogen) atoms. The highest BCUT2D eigenvalue weighted by Gasteiger charge is 2.15. The van der Waals surface area contributed by atoms with E-state index in [1.807, 2.05) is 0 Å². The van der Waals surface area contributed by atoms with Crippen LogP contribution in [0.3, 0.4) is 0 Å². The Morgan fingerprint density at radius 3 is 2.89 bits per heavy atom. The standard InChI is InChI=1S/C15H28N4/c1-4-13(2)19-10-7-15(17-19)12-18(3)11-14-5-8-16-9-6-14/h7,10,13-14,16H,4-6,8-9,11-12H2,1-3H3. The predicted octanol–water partition coefficient (Wildman–Crippen LogP) is 2.29. The van der Waals surface area contributed by atoms with Gasteiger partial charge in [0.15, 0.2) is 0 Å². The maximum atomic E-state index is 4.68. The fourth-order valence-corrected chi connectivity index (χ4v) is 2.74. The highest BCUT2D eigenvalue weighted by molar-refractivity contribution is 4.99. The van der Waals surface area contributed by atoms with E-state index in [0.29, 0.717) is 6.04 Å². The van der Waals surface area contributed by atoms with Crippen LogP contribution in [0.4, 0.5) is 0 Å². The van der Waals surface area contributed by atoms with Gasteiger partial charge in [0.1, 0.15) is 0 Å². The molecule has 1 fully saturated rings. The van der Waals surface area contributed by atoms with Crippen molar-refractivity contribution >= 4 is 0 Å². The van der Waals surface area contributed by atoms with Crippen LogP contribution in [-0.2, 0) is 6.54 Å². The minimum Gasteiger partial charge on any atom is -0.317 e.